The number of carbonyl (C=O) groups excluding carboxylic acids is 17. The molecule has 0 spiro atoms. The molecule has 1 aromatic carbocycles. The molecule has 15 amide bonds. The van der Waals surface area contributed by atoms with Crippen molar-refractivity contribution < 1.29 is 102 Å². The van der Waals surface area contributed by atoms with Crippen LogP contribution in [0.2, 0.25) is 0 Å². The van der Waals surface area contributed by atoms with Crippen LogP contribution in [0.3, 0.4) is 0 Å². The largest absolute Gasteiger partial charge is 0.481 e. The molecule has 1 saturated heterocycles. The summed E-state index contributed by atoms with van der Waals surface area (Å²) >= 11 is 8.58. The average molecular weight is 1820 g/mol. The molecule has 32 N–H and O–H groups in total. The predicted octanol–water partition coefficient (Wildman–Crippen LogP) is -9.61. The second-order valence-corrected chi connectivity index (χ2v) is 31.9. The molecule has 0 radical (unpaired) electrons. The van der Waals surface area contributed by atoms with E-state index >= 15 is 0 Å². The van der Waals surface area contributed by atoms with Crippen LogP contribution in [0, 0.1) is 39.9 Å². The van der Waals surface area contributed by atoms with Gasteiger partial charge < -0.3 is 139 Å². The molecule has 2 rings (SSSR count). The minimum atomic E-state index is -2.02. The highest BCUT2D eigenvalue weighted by molar-refractivity contribution is 7.80. The highest BCUT2D eigenvalue weighted by Gasteiger charge is 2.38. The monoisotopic (exact) mass is 1820 g/mol. The van der Waals surface area contributed by atoms with Gasteiger partial charge in [-0.3, -0.25) is 103 Å². The first-order chi connectivity index (χ1) is 59.5. The van der Waals surface area contributed by atoms with Crippen LogP contribution < -0.4 is 124 Å². The number of hydrogen-bond acceptors (Lipinski definition) is 27. The van der Waals surface area contributed by atoms with E-state index in [0.717, 1.165) is 0 Å². The van der Waals surface area contributed by atoms with E-state index in [9.17, 15) is 102 Å². The number of ketones is 2. The van der Waals surface area contributed by atoms with E-state index in [0.29, 0.717) is 5.56 Å². The number of benzene rings is 1. The number of hydrogen-bond donors (Lipinski definition) is 31. The molecule has 5 unspecified atom stereocenters. The molecule has 1 aliphatic heterocycles. The van der Waals surface area contributed by atoms with E-state index in [-0.39, 0.29) is 127 Å². The Labute approximate surface area is 741 Å². The molecule has 1 aromatic rings. The Bertz CT molecular complexity index is 3870. The number of carbonyl (C=O) groups is 18. The number of nitrogens with two attached hydrogens (primary N) is 3. The molecule has 0 bridgehead atoms. The first-order valence-corrected chi connectivity index (χ1v) is 42.6. The summed E-state index contributed by atoms with van der Waals surface area (Å²) in [5.41, 5.74) is 17.1. The van der Waals surface area contributed by atoms with E-state index in [1.54, 1.807) is 78.8 Å². The number of aliphatic hydroxyl groups is 2. The Hall–Kier alpha value is -11.6. The normalized spacial score (nSPS) is 24.2. The summed E-state index contributed by atoms with van der Waals surface area (Å²) < 4.78 is 0. The third-order valence-corrected chi connectivity index (χ3v) is 19.9. The fourth-order valence-electron chi connectivity index (χ4n) is 12.3. The van der Waals surface area contributed by atoms with Gasteiger partial charge in [-0.15, -0.1) is 0 Å². The number of guanidine groups is 3. The van der Waals surface area contributed by atoms with Crippen molar-refractivity contribution >= 4 is 149 Å². The van der Waals surface area contributed by atoms with Gasteiger partial charge in [0.05, 0.1) is 57.9 Å². The van der Waals surface area contributed by atoms with Gasteiger partial charge in [-0.2, -0.15) is 25.3 Å². The lowest BCUT2D eigenvalue weighted by Gasteiger charge is -2.29. The van der Waals surface area contributed by atoms with Gasteiger partial charge in [-0.25, -0.2) is 0 Å². The number of Topliss-reactive ketones (excluding diaryl/α,β-unsaturated/α-hetero) is 2. The Morgan fingerprint density at radius 2 is 0.730 bits per heavy atom. The van der Waals surface area contributed by atoms with Gasteiger partial charge in [-0.1, -0.05) is 92.1 Å². The van der Waals surface area contributed by atoms with Crippen molar-refractivity contribution in [3.8, 4) is 0 Å². The van der Waals surface area contributed by atoms with Gasteiger partial charge in [0.15, 0.2) is 17.9 Å². The Morgan fingerprint density at radius 1 is 0.413 bits per heavy atom. The van der Waals surface area contributed by atoms with E-state index in [1.165, 1.54) is 6.92 Å². The van der Waals surface area contributed by atoms with Crippen LogP contribution in [0.1, 0.15) is 132 Å². The quantitative estimate of drug-likeness (QED) is 0.0122. The van der Waals surface area contributed by atoms with Crippen molar-refractivity contribution in [3.05, 3.63) is 35.9 Å². The van der Waals surface area contributed by atoms with Crippen LogP contribution in [-0.2, 0) is 92.7 Å². The van der Waals surface area contributed by atoms with E-state index in [2.05, 4.69) is 132 Å². The molecular weight excluding hydrogens is 1690 g/mol. The molecule has 1 heterocycles. The standard InChI is InChI=1S/C77H130N26O21S2/c1-9-42(8)61-74(124)92-34-59(109)95-53(36-105)72(122)99-49(28-41(6)7)70(120)102-52(35-104)65(115)91-33-58(108)94-47(26-39(2)3)63(113)89-31-56(106)62(112)54(37-125)84-24-25-85-55(38-126)73(123)100-50(29-43-16-11-10-12-17-43)64(114)90-32-57(107)93-44(18-13-21-86-75(78)79)66(116)96-45(19-14-22-87-76(80)81)67(117)98-48(27-40(4)5)69(119)101-51(30-60(110)111)71(121)97-46(68(118)103-61)20-15-23-88-77(82)83/h10-12,16-17,39-42,44-55,61,84-85,104-105,125-126H,9,13-15,18-38H2,1-8H3,(H,89,113)(H,90,114)(H,91,115)(H,92,124)(H,93,107)(H,94,108)(H,95,109)(H,96,116)(H,97,121)(H,98,117)(H,99,122)(H,100,123)(H,101,119)(H,102,120)(H,103,118)(H,110,111)(H4,78,79,86)(H4,80,81,87)(H4,82,83,88)/t42-,44?,45-,46?,47-,48?,49?,50?,51-,52-,53-,54-,55-,61-/m0/s1. The van der Waals surface area contributed by atoms with Crippen molar-refractivity contribution in [3.63, 3.8) is 0 Å². The van der Waals surface area contributed by atoms with E-state index in [4.69, 9.17) is 33.4 Å². The fraction of sp³-hybridized carbons (Fsp3) is 0.649. The summed E-state index contributed by atoms with van der Waals surface area (Å²) in [7, 11) is 0. The van der Waals surface area contributed by atoms with Crippen LogP contribution in [0.5, 0.6) is 0 Å². The minimum Gasteiger partial charge on any atom is -0.481 e. The maximum absolute atomic E-state index is 14.7. The Morgan fingerprint density at radius 3 is 1.15 bits per heavy atom. The van der Waals surface area contributed by atoms with Crippen molar-refractivity contribution in [2.24, 2.45) is 40.9 Å². The van der Waals surface area contributed by atoms with Gasteiger partial charge in [0.1, 0.15) is 66.5 Å². The van der Waals surface area contributed by atoms with E-state index in [1.807, 2.05) is 0 Å². The molecule has 1 fully saturated rings. The summed E-state index contributed by atoms with van der Waals surface area (Å²) in [6, 6.07) is -11.7. The lowest BCUT2D eigenvalue weighted by Crippen LogP contribution is -2.61. The molecule has 1 aliphatic rings. The SMILES string of the molecule is CC[C@H](C)[C@@H]1NC(=O)C(CCCNC(=N)N)NC(=O)[C@H](CC(=O)O)NC(=O)C(CC(C)C)NC(=O)[C@H](CCCNC(=N)N)NC(=O)C(CCCNC(=N)N)NC(=O)CNC(=O)C(Cc2ccccc2)NC(=O)[C@H](CS)NCCN[C@@H](CS)C(=O)C(=O)CNC(=O)[C@H](CC(C)C)NC(=O)CNC(=O)[C@H](CO)NC(=O)C(CC(C)C)NC(=O)[C@H](CO)NC(=O)CNC1=O. The van der Waals surface area contributed by atoms with Gasteiger partial charge in [0.25, 0.3) is 0 Å². The first kappa shape index (κ1) is 110. The smallest absolute Gasteiger partial charge is 0.305 e. The Kier molecular flexibility index (Phi) is 52.0. The van der Waals surface area contributed by atoms with Crippen LogP contribution in [0.15, 0.2) is 30.3 Å². The molecule has 14 atom stereocenters. The number of nitrogens with one attached hydrogen (secondary N) is 23. The van der Waals surface area contributed by atoms with Gasteiger partial charge in [0.2, 0.25) is 100 Å². The number of carboxylic acid groups (broad SMARTS) is 1. The molecule has 0 aliphatic carbocycles. The average Bonchev–Trinajstić information content (AvgIpc) is 0.851. The summed E-state index contributed by atoms with van der Waals surface area (Å²) in [4.78, 5) is 250. The zero-order chi connectivity index (χ0) is 94.9. The second kappa shape index (κ2) is 59.4. The number of aliphatic hydroxyl groups excluding tert-OH is 2. The summed E-state index contributed by atoms with van der Waals surface area (Å²) in [5.74, 6) is -22.7. The third-order valence-electron chi connectivity index (χ3n) is 19.2. The molecule has 0 saturated carbocycles. The topological polar surface area (TPSA) is 758 Å². The maximum Gasteiger partial charge on any atom is 0.305 e. The van der Waals surface area contributed by atoms with Crippen LogP contribution >= 0.6 is 25.3 Å². The number of thiol groups is 2. The molecule has 0 aromatic heterocycles. The zero-order valence-corrected chi connectivity index (χ0v) is 74.0. The first-order valence-electron chi connectivity index (χ1n) is 41.4. The van der Waals surface area contributed by atoms with Crippen molar-refractivity contribution in [1.29, 1.82) is 16.2 Å². The lowest BCUT2D eigenvalue weighted by atomic mass is 9.97. The van der Waals surface area contributed by atoms with Gasteiger partial charge in [0, 0.05) is 50.7 Å². The predicted molar refractivity (Wildman–Crippen MR) is 466 cm³/mol. The van der Waals surface area contributed by atoms with Crippen LogP contribution in [0.4, 0.5) is 0 Å². The minimum absolute atomic E-state index is 0.00174. The molecular formula is C77H130N26O21S2. The number of carboxylic acids is 1. The van der Waals surface area contributed by atoms with Crippen LogP contribution in [0.25, 0.3) is 0 Å². The number of rotatable bonds is 28. The van der Waals surface area contributed by atoms with Crippen molar-refractivity contribution in [2.45, 2.75) is 211 Å². The number of amides is 15. The molecule has 47 nitrogen and oxygen atoms in total. The molecule has 706 valence electrons. The summed E-state index contributed by atoms with van der Waals surface area (Å²) in [6.07, 6.45) is -2.22. The van der Waals surface area contributed by atoms with Crippen LogP contribution in [-0.4, -0.2) is 302 Å². The van der Waals surface area contributed by atoms with Crippen molar-refractivity contribution in [1.82, 2.24) is 106 Å². The summed E-state index contributed by atoms with van der Waals surface area (Å²) in [5, 5.41) is 104. The maximum atomic E-state index is 14.7. The Balaban J connectivity index is 2.82. The summed E-state index contributed by atoms with van der Waals surface area (Å²) in [6.45, 7) is 7.38. The van der Waals surface area contributed by atoms with Gasteiger partial charge >= 0.3 is 5.97 Å². The third kappa shape index (κ3) is 43.8. The molecule has 126 heavy (non-hydrogen) atoms. The highest BCUT2D eigenvalue weighted by Crippen LogP contribution is 2.15. The fourth-order valence-corrected chi connectivity index (χ4v) is 12.9. The second-order valence-electron chi connectivity index (χ2n) is 31.2. The van der Waals surface area contributed by atoms with Gasteiger partial charge in [-0.05, 0) is 87.0 Å². The van der Waals surface area contributed by atoms with E-state index < -0.39 is 260 Å². The van der Waals surface area contributed by atoms with Crippen molar-refractivity contribution in [2.75, 3.05) is 83.6 Å². The number of aliphatic carboxylic acids is 1. The zero-order valence-electron chi connectivity index (χ0n) is 72.2. The molecule has 49 heteroatoms. The lowest BCUT2D eigenvalue weighted by molar-refractivity contribution is -0.142. The highest BCUT2D eigenvalue weighted by atomic mass is 32.1.